The fourth-order valence-corrected chi connectivity index (χ4v) is 2.33. The number of aryl methyl sites for hydroxylation is 2. The highest BCUT2D eigenvalue weighted by molar-refractivity contribution is 6.05. The molecule has 5 heteroatoms. The third-order valence-electron chi connectivity index (χ3n) is 3.36. The molecule has 0 aliphatic heterocycles. The lowest BCUT2D eigenvalue weighted by Gasteiger charge is -2.08. The molecule has 0 spiro atoms. The molecule has 2 heterocycles. The standard InChI is InChI=1S/C16H16N4O/c1-11-15(12(2)19-18-11)16(21)17-13-6-5-7-14(10-13)20-8-3-4-9-20/h3-10H,1-2H3,(H,17,21)(H,18,19). The number of H-pyrrole nitrogens is 1. The van der Waals surface area contributed by atoms with Crippen molar-refractivity contribution in [1.29, 1.82) is 0 Å². The Hall–Kier alpha value is -2.82. The highest BCUT2D eigenvalue weighted by atomic mass is 16.1. The summed E-state index contributed by atoms with van der Waals surface area (Å²) < 4.78 is 1.99. The number of hydrogen-bond acceptors (Lipinski definition) is 2. The van der Waals surface area contributed by atoms with E-state index in [0.717, 1.165) is 17.1 Å². The Morgan fingerprint density at radius 3 is 2.62 bits per heavy atom. The summed E-state index contributed by atoms with van der Waals surface area (Å²) >= 11 is 0. The maximum absolute atomic E-state index is 12.3. The molecule has 0 unspecified atom stereocenters. The van der Waals surface area contributed by atoms with E-state index in [2.05, 4.69) is 15.5 Å². The predicted molar refractivity (Wildman–Crippen MR) is 81.8 cm³/mol. The summed E-state index contributed by atoms with van der Waals surface area (Å²) in [7, 11) is 0. The largest absolute Gasteiger partial charge is 0.324 e. The first kappa shape index (κ1) is 13.2. The number of carbonyl (C=O) groups excluding carboxylic acids is 1. The third kappa shape index (κ3) is 2.58. The highest BCUT2D eigenvalue weighted by Crippen LogP contribution is 2.17. The van der Waals surface area contributed by atoms with Crippen molar-refractivity contribution >= 4 is 11.6 Å². The van der Waals surface area contributed by atoms with Gasteiger partial charge in [-0.3, -0.25) is 9.89 Å². The smallest absolute Gasteiger partial charge is 0.259 e. The number of aromatic nitrogens is 3. The van der Waals surface area contributed by atoms with Crippen molar-refractivity contribution in [3.05, 3.63) is 65.7 Å². The van der Waals surface area contributed by atoms with Crippen LogP contribution in [0, 0.1) is 13.8 Å². The van der Waals surface area contributed by atoms with E-state index in [0.29, 0.717) is 11.3 Å². The van der Waals surface area contributed by atoms with E-state index in [-0.39, 0.29) is 5.91 Å². The van der Waals surface area contributed by atoms with Crippen LogP contribution in [0.2, 0.25) is 0 Å². The second-order valence-corrected chi connectivity index (χ2v) is 4.90. The molecule has 2 N–H and O–H groups in total. The molecule has 0 saturated heterocycles. The van der Waals surface area contributed by atoms with E-state index in [1.807, 2.05) is 67.2 Å². The van der Waals surface area contributed by atoms with Crippen LogP contribution in [0.15, 0.2) is 48.8 Å². The molecule has 0 aliphatic carbocycles. The van der Waals surface area contributed by atoms with Gasteiger partial charge in [-0.2, -0.15) is 5.10 Å². The van der Waals surface area contributed by atoms with Gasteiger partial charge in [0.15, 0.2) is 0 Å². The number of carbonyl (C=O) groups is 1. The Morgan fingerprint density at radius 1 is 1.19 bits per heavy atom. The number of nitrogens with one attached hydrogen (secondary N) is 2. The van der Waals surface area contributed by atoms with Crippen LogP contribution in [0.4, 0.5) is 5.69 Å². The van der Waals surface area contributed by atoms with Crippen LogP contribution >= 0.6 is 0 Å². The molecule has 1 amide bonds. The Labute approximate surface area is 122 Å². The first-order valence-corrected chi connectivity index (χ1v) is 6.71. The van der Waals surface area contributed by atoms with Gasteiger partial charge in [-0.05, 0) is 44.2 Å². The number of benzene rings is 1. The summed E-state index contributed by atoms with van der Waals surface area (Å²) in [4.78, 5) is 12.3. The number of rotatable bonds is 3. The van der Waals surface area contributed by atoms with Gasteiger partial charge in [-0.1, -0.05) is 6.07 Å². The molecule has 5 nitrogen and oxygen atoms in total. The van der Waals surface area contributed by atoms with Gasteiger partial charge < -0.3 is 9.88 Å². The molecule has 0 fully saturated rings. The van der Waals surface area contributed by atoms with Crippen molar-refractivity contribution < 1.29 is 4.79 Å². The zero-order valence-corrected chi connectivity index (χ0v) is 11.9. The van der Waals surface area contributed by atoms with Crippen molar-refractivity contribution in [2.45, 2.75) is 13.8 Å². The molecule has 0 saturated carbocycles. The van der Waals surface area contributed by atoms with Crippen LogP contribution in [0.3, 0.4) is 0 Å². The van der Waals surface area contributed by atoms with Crippen molar-refractivity contribution in [3.8, 4) is 5.69 Å². The summed E-state index contributed by atoms with van der Waals surface area (Å²) in [6, 6.07) is 11.6. The minimum atomic E-state index is -0.150. The lowest BCUT2D eigenvalue weighted by molar-refractivity contribution is 0.102. The number of hydrogen-bond donors (Lipinski definition) is 2. The molecular formula is C16H16N4O. The quantitative estimate of drug-likeness (QED) is 0.774. The fourth-order valence-electron chi connectivity index (χ4n) is 2.33. The maximum Gasteiger partial charge on any atom is 0.259 e. The van der Waals surface area contributed by atoms with E-state index in [1.54, 1.807) is 0 Å². The van der Waals surface area contributed by atoms with Crippen LogP contribution < -0.4 is 5.32 Å². The summed E-state index contributed by atoms with van der Waals surface area (Å²) in [6.45, 7) is 3.65. The Kier molecular flexibility index (Phi) is 3.31. The van der Waals surface area contributed by atoms with E-state index in [4.69, 9.17) is 0 Å². The van der Waals surface area contributed by atoms with E-state index >= 15 is 0 Å². The lowest BCUT2D eigenvalue weighted by Crippen LogP contribution is -2.13. The monoisotopic (exact) mass is 280 g/mol. The molecule has 0 aliphatic rings. The molecular weight excluding hydrogens is 264 g/mol. The third-order valence-corrected chi connectivity index (χ3v) is 3.36. The van der Waals surface area contributed by atoms with Gasteiger partial charge in [-0.25, -0.2) is 0 Å². The zero-order chi connectivity index (χ0) is 14.8. The minimum Gasteiger partial charge on any atom is -0.324 e. The second-order valence-electron chi connectivity index (χ2n) is 4.90. The van der Waals surface area contributed by atoms with Crippen LogP contribution in [0.1, 0.15) is 21.7 Å². The summed E-state index contributed by atoms with van der Waals surface area (Å²) in [5.74, 6) is -0.150. The molecule has 3 rings (SSSR count). The topological polar surface area (TPSA) is 62.7 Å². The number of amides is 1. The van der Waals surface area contributed by atoms with Crippen molar-refractivity contribution in [2.24, 2.45) is 0 Å². The molecule has 0 bridgehead atoms. The molecule has 0 atom stereocenters. The van der Waals surface area contributed by atoms with Crippen LogP contribution in [0.5, 0.6) is 0 Å². The minimum absolute atomic E-state index is 0.150. The summed E-state index contributed by atoms with van der Waals surface area (Å²) in [6.07, 6.45) is 3.93. The van der Waals surface area contributed by atoms with Gasteiger partial charge in [0.05, 0.1) is 11.3 Å². The maximum atomic E-state index is 12.3. The first-order chi connectivity index (χ1) is 10.1. The van der Waals surface area contributed by atoms with Crippen molar-refractivity contribution in [1.82, 2.24) is 14.8 Å². The van der Waals surface area contributed by atoms with Crippen LogP contribution in [-0.4, -0.2) is 20.7 Å². The summed E-state index contributed by atoms with van der Waals surface area (Å²) in [5.41, 5.74) is 3.82. The van der Waals surface area contributed by atoms with E-state index in [1.165, 1.54) is 0 Å². The van der Waals surface area contributed by atoms with Crippen LogP contribution in [0.25, 0.3) is 5.69 Å². The van der Waals surface area contributed by atoms with Gasteiger partial charge in [0.1, 0.15) is 0 Å². The predicted octanol–water partition coefficient (Wildman–Crippen LogP) is 3.07. The van der Waals surface area contributed by atoms with Gasteiger partial charge in [0.25, 0.3) is 5.91 Å². The number of aromatic amines is 1. The lowest BCUT2D eigenvalue weighted by atomic mass is 10.2. The van der Waals surface area contributed by atoms with Gasteiger partial charge in [-0.15, -0.1) is 0 Å². The van der Waals surface area contributed by atoms with Gasteiger partial charge >= 0.3 is 0 Å². The SMILES string of the molecule is Cc1n[nH]c(C)c1C(=O)Nc1cccc(-n2cccc2)c1. The molecule has 3 aromatic rings. The molecule has 1 aromatic carbocycles. The normalized spacial score (nSPS) is 10.6. The molecule has 0 radical (unpaired) electrons. The Morgan fingerprint density at radius 2 is 1.95 bits per heavy atom. The average Bonchev–Trinajstić information content (AvgIpc) is 3.09. The van der Waals surface area contributed by atoms with Crippen LogP contribution in [-0.2, 0) is 0 Å². The number of anilines is 1. The van der Waals surface area contributed by atoms with Crippen molar-refractivity contribution in [3.63, 3.8) is 0 Å². The van der Waals surface area contributed by atoms with E-state index in [9.17, 15) is 4.79 Å². The molecule has 2 aromatic heterocycles. The second kappa shape index (κ2) is 5.28. The average molecular weight is 280 g/mol. The first-order valence-electron chi connectivity index (χ1n) is 6.71. The molecule has 21 heavy (non-hydrogen) atoms. The van der Waals surface area contributed by atoms with Gasteiger partial charge in [0.2, 0.25) is 0 Å². The highest BCUT2D eigenvalue weighted by Gasteiger charge is 2.15. The Bertz CT molecular complexity index is 752. The van der Waals surface area contributed by atoms with Crippen molar-refractivity contribution in [2.75, 3.05) is 5.32 Å². The fraction of sp³-hybridized carbons (Fsp3) is 0.125. The summed E-state index contributed by atoms with van der Waals surface area (Å²) in [5, 5.41) is 9.79. The molecule has 106 valence electrons. The Balaban J connectivity index is 1.86. The number of nitrogens with zero attached hydrogens (tertiary/aromatic N) is 2. The zero-order valence-electron chi connectivity index (χ0n) is 11.9. The van der Waals surface area contributed by atoms with E-state index < -0.39 is 0 Å². The van der Waals surface area contributed by atoms with Gasteiger partial charge in [0, 0.05) is 29.5 Å².